The fraction of sp³-hybridized carbons (Fsp3) is 0.765. The summed E-state index contributed by atoms with van der Waals surface area (Å²) in [6.07, 6.45) is 4.35. The van der Waals surface area contributed by atoms with E-state index >= 15 is 0 Å². The van der Waals surface area contributed by atoms with Crippen LogP contribution >= 0.6 is 24.0 Å². The summed E-state index contributed by atoms with van der Waals surface area (Å²) in [6, 6.07) is 1.93. The molecule has 0 aliphatic heterocycles. The Hall–Kier alpha value is -0.830. The Balaban J connectivity index is 0.00000529. The zero-order chi connectivity index (χ0) is 17.1. The average Bonchev–Trinajstić information content (AvgIpc) is 2.99. The smallest absolute Gasteiger partial charge is 0.191 e. The molecule has 1 aromatic heterocycles. The number of rotatable bonds is 10. The molecule has 1 aromatic rings. The molecule has 0 saturated carbocycles. The molecule has 7 heteroatoms. The van der Waals surface area contributed by atoms with Gasteiger partial charge in [-0.05, 0) is 26.2 Å². The minimum Gasteiger partial charge on any atom is -0.388 e. The second kappa shape index (κ2) is 12.5. The molecule has 0 unspecified atom stereocenters. The van der Waals surface area contributed by atoms with E-state index in [4.69, 9.17) is 4.52 Å². The monoisotopic (exact) mass is 452 g/mol. The van der Waals surface area contributed by atoms with Gasteiger partial charge in [0.1, 0.15) is 6.54 Å². The fourth-order valence-electron chi connectivity index (χ4n) is 2.58. The molecule has 0 atom stereocenters. The number of nitrogens with zero attached hydrogens (tertiary/aromatic N) is 2. The molecule has 0 amide bonds. The first-order valence-corrected chi connectivity index (χ1v) is 8.75. The summed E-state index contributed by atoms with van der Waals surface area (Å²) in [6.45, 7) is 9.94. The third kappa shape index (κ3) is 8.32. The van der Waals surface area contributed by atoms with Gasteiger partial charge in [-0.25, -0.2) is 4.99 Å². The van der Waals surface area contributed by atoms with Crippen molar-refractivity contribution in [3.63, 3.8) is 0 Å². The second-order valence-corrected chi connectivity index (χ2v) is 5.91. The topological polar surface area (TPSA) is 82.7 Å². The molecule has 1 heterocycles. The molecular formula is C17H33IN4O2. The standard InChI is InChI=1S/C17H32N4O2.HI/c1-5-9-17(22,10-6-2)13-20-16(18-8-4)19-12-15-11-14(7-3)21-23-15;/h11,22H,5-10,12-13H2,1-4H3,(H2,18,19,20);1H. The van der Waals surface area contributed by atoms with Gasteiger partial charge in [0.15, 0.2) is 11.7 Å². The van der Waals surface area contributed by atoms with Crippen molar-refractivity contribution in [2.75, 3.05) is 13.1 Å². The summed E-state index contributed by atoms with van der Waals surface area (Å²) in [5.41, 5.74) is 0.259. The van der Waals surface area contributed by atoms with Crippen LogP contribution < -0.4 is 10.6 Å². The van der Waals surface area contributed by atoms with Crippen LogP contribution in [-0.2, 0) is 13.0 Å². The normalized spacial score (nSPS) is 12.0. The van der Waals surface area contributed by atoms with E-state index in [0.29, 0.717) is 19.0 Å². The van der Waals surface area contributed by atoms with Crippen molar-refractivity contribution in [3.05, 3.63) is 17.5 Å². The summed E-state index contributed by atoms with van der Waals surface area (Å²) in [5, 5.41) is 21.1. The summed E-state index contributed by atoms with van der Waals surface area (Å²) in [5.74, 6) is 1.43. The molecule has 0 radical (unpaired) electrons. The predicted molar refractivity (Wildman–Crippen MR) is 109 cm³/mol. The Labute approximate surface area is 162 Å². The van der Waals surface area contributed by atoms with Crippen LogP contribution in [0.1, 0.15) is 64.8 Å². The molecule has 0 fully saturated rings. The van der Waals surface area contributed by atoms with E-state index < -0.39 is 5.60 Å². The molecule has 0 spiro atoms. The molecule has 6 nitrogen and oxygen atoms in total. The van der Waals surface area contributed by atoms with E-state index in [0.717, 1.165) is 50.1 Å². The Kier molecular flexibility index (Phi) is 12.1. The molecule has 140 valence electrons. The minimum atomic E-state index is -0.679. The first kappa shape index (κ1) is 23.2. The summed E-state index contributed by atoms with van der Waals surface area (Å²) < 4.78 is 5.24. The van der Waals surface area contributed by atoms with Crippen LogP contribution in [0.2, 0.25) is 0 Å². The maximum atomic E-state index is 10.7. The fourth-order valence-corrected chi connectivity index (χ4v) is 2.58. The number of aliphatic hydroxyl groups is 1. The predicted octanol–water partition coefficient (Wildman–Crippen LogP) is 3.24. The third-order valence-corrected chi connectivity index (χ3v) is 3.72. The summed E-state index contributed by atoms with van der Waals surface area (Å²) in [4.78, 5) is 4.50. The molecule has 0 aliphatic rings. The number of aromatic nitrogens is 1. The number of aliphatic imine (C=N–C) groups is 1. The van der Waals surface area contributed by atoms with E-state index in [2.05, 4.69) is 34.6 Å². The van der Waals surface area contributed by atoms with Crippen LogP contribution in [0.5, 0.6) is 0 Å². The largest absolute Gasteiger partial charge is 0.388 e. The zero-order valence-electron chi connectivity index (χ0n) is 15.4. The summed E-state index contributed by atoms with van der Waals surface area (Å²) >= 11 is 0. The van der Waals surface area contributed by atoms with E-state index in [9.17, 15) is 5.11 Å². The Morgan fingerprint density at radius 3 is 2.38 bits per heavy atom. The lowest BCUT2D eigenvalue weighted by Gasteiger charge is -2.28. The van der Waals surface area contributed by atoms with Crippen LogP contribution in [0, 0.1) is 0 Å². The number of aryl methyl sites for hydroxylation is 1. The molecule has 24 heavy (non-hydrogen) atoms. The highest BCUT2D eigenvalue weighted by molar-refractivity contribution is 14.0. The number of nitrogens with one attached hydrogen (secondary N) is 2. The van der Waals surface area contributed by atoms with Gasteiger partial charge in [0.2, 0.25) is 0 Å². The van der Waals surface area contributed by atoms with Crippen molar-refractivity contribution in [2.24, 2.45) is 4.99 Å². The SMILES string of the molecule is CCCC(O)(CCC)CNC(=NCc1cc(CC)no1)NCC.I. The van der Waals surface area contributed by atoms with Crippen LogP contribution in [0.15, 0.2) is 15.6 Å². The molecule has 1 rings (SSSR count). The van der Waals surface area contributed by atoms with Gasteiger partial charge >= 0.3 is 0 Å². The van der Waals surface area contributed by atoms with Gasteiger partial charge in [0.05, 0.1) is 11.3 Å². The average molecular weight is 452 g/mol. The van der Waals surface area contributed by atoms with Crippen molar-refractivity contribution >= 4 is 29.9 Å². The Morgan fingerprint density at radius 1 is 1.21 bits per heavy atom. The van der Waals surface area contributed by atoms with Gasteiger partial charge in [-0.3, -0.25) is 0 Å². The van der Waals surface area contributed by atoms with Crippen LogP contribution in [0.25, 0.3) is 0 Å². The number of hydrogen-bond acceptors (Lipinski definition) is 4. The maximum Gasteiger partial charge on any atom is 0.191 e. The molecule has 0 saturated heterocycles. The zero-order valence-corrected chi connectivity index (χ0v) is 17.7. The van der Waals surface area contributed by atoms with E-state index in [1.807, 2.05) is 19.9 Å². The van der Waals surface area contributed by atoms with Gasteiger partial charge in [-0.1, -0.05) is 38.8 Å². The first-order chi connectivity index (χ1) is 11.1. The van der Waals surface area contributed by atoms with E-state index in [1.165, 1.54) is 0 Å². The minimum absolute atomic E-state index is 0. The molecule has 3 N–H and O–H groups in total. The second-order valence-electron chi connectivity index (χ2n) is 5.91. The maximum absolute atomic E-state index is 10.7. The Morgan fingerprint density at radius 2 is 1.88 bits per heavy atom. The van der Waals surface area contributed by atoms with Crippen molar-refractivity contribution < 1.29 is 9.63 Å². The lowest BCUT2D eigenvalue weighted by Crippen LogP contribution is -2.47. The van der Waals surface area contributed by atoms with Crippen LogP contribution in [0.3, 0.4) is 0 Å². The quantitative estimate of drug-likeness (QED) is 0.289. The lowest BCUT2D eigenvalue weighted by atomic mass is 9.93. The van der Waals surface area contributed by atoms with E-state index in [1.54, 1.807) is 0 Å². The van der Waals surface area contributed by atoms with Gasteiger partial charge in [-0.15, -0.1) is 24.0 Å². The van der Waals surface area contributed by atoms with E-state index in [-0.39, 0.29) is 24.0 Å². The molecule has 0 bridgehead atoms. The summed E-state index contributed by atoms with van der Waals surface area (Å²) in [7, 11) is 0. The van der Waals surface area contributed by atoms with Gasteiger partial charge in [-0.2, -0.15) is 0 Å². The van der Waals surface area contributed by atoms with Crippen molar-refractivity contribution in [1.82, 2.24) is 15.8 Å². The lowest BCUT2D eigenvalue weighted by molar-refractivity contribution is 0.0257. The Bertz CT molecular complexity index is 471. The first-order valence-electron chi connectivity index (χ1n) is 8.75. The third-order valence-electron chi connectivity index (χ3n) is 3.72. The highest BCUT2D eigenvalue weighted by Crippen LogP contribution is 2.18. The van der Waals surface area contributed by atoms with Crippen LogP contribution in [-0.4, -0.2) is 34.9 Å². The van der Waals surface area contributed by atoms with Gasteiger partial charge in [0, 0.05) is 19.2 Å². The molecular weight excluding hydrogens is 419 g/mol. The van der Waals surface area contributed by atoms with Crippen molar-refractivity contribution in [2.45, 2.75) is 71.9 Å². The molecule has 0 aliphatic carbocycles. The van der Waals surface area contributed by atoms with Gasteiger partial charge in [0.25, 0.3) is 0 Å². The molecule has 0 aromatic carbocycles. The van der Waals surface area contributed by atoms with Crippen molar-refractivity contribution in [1.29, 1.82) is 0 Å². The number of hydrogen-bond donors (Lipinski definition) is 3. The number of halogens is 1. The van der Waals surface area contributed by atoms with Gasteiger partial charge < -0.3 is 20.3 Å². The van der Waals surface area contributed by atoms with Crippen LogP contribution in [0.4, 0.5) is 0 Å². The highest BCUT2D eigenvalue weighted by atomic mass is 127. The van der Waals surface area contributed by atoms with Crippen molar-refractivity contribution in [3.8, 4) is 0 Å². The highest BCUT2D eigenvalue weighted by Gasteiger charge is 2.24. The number of guanidine groups is 1.